The van der Waals surface area contributed by atoms with Crippen molar-refractivity contribution in [3.05, 3.63) is 72.8 Å². The second kappa shape index (κ2) is 9.00. The minimum Gasteiger partial charge on any atom is -0.497 e. The van der Waals surface area contributed by atoms with Gasteiger partial charge < -0.3 is 24.5 Å². The largest absolute Gasteiger partial charge is 0.497 e. The number of rotatable bonds is 6. The van der Waals surface area contributed by atoms with Gasteiger partial charge in [0.2, 0.25) is 11.8 Å². The van der Waals surface area contributed by atoms with Crippen LogP contribution in [0.25, 0.3) is 22.9 Å². The number of anilines is 2. The first-order valence-electron chi connectivity index (χ1n) is 9.45. The van der Waals surface area contributed by atoms with Crippen LogP contribution in [0, 0.1) is 0 Å². The van der Waals surface area contributed by atoms with Crippen LogP contribution in [-0.2, 0) is 0 Å². The predicted molar refractivity (Wildman–Crippen MR) is 117 cm³/mol. The van der Waals surface area contributed by atoms with Gasteiger partial charge in [-0.25, -0.2) is 4.79 Å². The summed E-state index contributed by atoms with van der Waals surface area (Å²) in [6.45, 7) is 0. The van der Waals surface area contributed by atoms with Gasteiger partial charge in [-0.3, -0.25) is 0 Å². The number of nitrogens with zero attached hydrogens (tertiary/aromatic N) is 2. The predicted octanol–water partition coefficient (Wildman–Crippen LogP) is 5.06. The number of ether oxygens (including phenoxy) is 2. The molecular formula is C23H20N4O4. The molecule has 0 spiro atoms. The van der Waals surface area contributed by atoms with Gasteiger partial charge in [0.1, 0.15) is 11.5 Å². The summed E-state index contributed by atoms with van der Waals surface area (Å²) in [6.07, 6.45) is 0. The van der Waals surface area contributed by atoms with E-state index >= 15 is 0 Å². The Kier molecular flexibility index (Phi) is 5.79. The molecule has 0 saturated heterocycles. The molecule has 4 aromatic rings. The SMILES string of the molecule is COc1cc(NC(=O)Nc2cccc(-c3nnc(-c4ccccc4)o3)c2)cc(OC)c1. The van der Waals surface area contributed by atoms with E-state index in [-0.39, 0.29) is 0 Å². The average molecular weight is 416 g/mol. The van der Waals surface area contributed by atoms with E-state index < -0.39 is 6.03 Å². The number of methoxy groups -OCH3 is 2. The van der Waals surface area contributed by atoms with Crippen LogP contribution < -0.4 is 20.1 Å². The van der Waals surface area contributed by atoms with Crippen molar-refractivity contribution in [3.8, 4) is 34.4 Å². The molecule has 31 heavy (non-hydrogen) atoms. The summed E-state index contributed by atoms with van der Waals surface area (Å²) in [5.74, 6) is 1.93. The Morgan fingerprint density at radius 2 is 1.35 bits per heavy atom. The van der Waals surface area contributed by atoms with Crippen LogP contribution in [0.5, 0.6) is 11.5 Å². The molecule has 1 heterocycles. The molecule has 2 amide bonds. The first-order chi connectivity index (χ1) is 15.1. The maximum Gasteiger partial charge on any atom is 0.323 e. The lowest BCUT2D eigenvalue weighted by atomic mass is 10.2. The standard InChI is InChI=1S/C23H20N4O4/c1-29-19-12-18(13-20(14-19)30-2)25-23(28)24-17-10-6-9-16(11-17)22-27-26-21(31-22)15-7-4-3-5-8-15/h3-14H,1-2H3,(H2,24,25,28). The minimum atomic E-state index is -0.414. The molecular weight excluding hydrogens is 396 g/mol. The van der Waals surface area contributed by atoms with Crippen molar-refractivity contribution in [1.29, 1.82) is 0 Å². The Bertz CT molecular complexity index is 1170. The Morgan fingerprint density at radius 1 is 0.742 bits per heavy atom. The maximum absolute atomic E-state index is 12.5. The lowest BCUT2D eigenvalue weighted by Crippen LogP contribution is -2.19. The molecule has 0 radical (unpaired) electrons. The van der Waals surface area contributed by atoms with Crippen LogP contribution >= 0.6 is 0 Å². The van der Waals surface area contributed by atoms with Gasteiger partial charge in [-0.15, -0.1) is 10.2 Å². The summed E-state index contributed by atoms with van der Waals surface area (Å²) < 4.78 is 16.2. The Hall–Kier alpha value is -4.33. The smallest absolute Gasteiger partial charge is 0.323 e. The summed E-state index contributed by atoms with van der Waals surface area (Å²) in [5, 5.41) is 13.8. The van der Waals surface area contributed by atoms with Gasteiger partial charge in [0.25, 0.3) is 0 Å². The molecule has 3 aromatic carbocycles. The number of amides is 2. The maximum atomic E-state index is 12.5. The van der Waals surface area contributed by atoms with Gasteiger partial charge in [0.05, 0.1) is 14.2 Å². The van der Waals surface area contributed by atoms with Gasteiger partial charge in [0.15, 0.2) is 0 Å². The number of carbonyl (C=O) groups is 1. The minimum absolute atomic E-state index is 0.362. The molecule has 1 aromatic heterocycles. The highest BCUT2D eigenvalue weighted by atomic mass is 16.5. The van der Waals surface area contributed by atoms with E-state index in [1.807, 2.05) is 36.4 Å². The van der Waals surface area contributed by atoms with E-state index in [0.29, 0.717) is 40.2 Å². The molecule has 156 valence electrons. The fraction of sp³-hybridized carbons (Fsp3) is 0.0870. The van der Waals surface area contributed by atoms with Gasteiger partial charge in [-0.2, -0.15) is 0 Å². The fourth-order valence-electron chi connectivity index (χ4n) is 2.94. The number of nitrogens with one attached hydrogen (secondary N) is 2. The molecule has 0 bridgehead atoms. The third-order valence-corrected chi connectivity index (χ3v) is 4.42. The zero-order valence-electron chi connectivity index (χ0n) is 17.0. The summed E-state index contributed by atoms with van der Waals surface area (Å²) >= 11 is 0. The van der Waals surface area contributed by atoms with Crippen LogP contribution in [0.15, 0.2) is 77.2 Å². The van der Waals surface area contributed by atoms with Crippen LogP contribution in [-0.4, -0.2) is 30.4 Å². The average Bonchev–Trinajstić information content (AvgIpc) is 3.30. The van der Waals surface area contributed by atoms with E-state index in [1.54, 1.807) is 50.6 Å². The zero-order chi connectivity index (χ0) is 21.6. The lowest BCUT2D eigenvalue weighted by Gasteiger charge is -2.11. The molecule has 2 N–H and O–H groups in total. The molecule has 0 aliphatic heterocycles. The van der Waals surface area contributed by atoms with Gasteiger partial charge in [-0.1, -0.05) is 24.3 Å². The van der Waals surface area contributed by atoms with Crippen LogP contribution in [0.2, 0.25) is 0 Å². The van der Waals surface area contributed by atoms with Gasteiger partial charge >= 0.3 is 6.03 Å². The molecule has 8 nitrogen and oxygen atoms in total. The Morgan fingerprint density at radius 3 is 2.03 bits per heavy atom. The number of aromatic nitrogens is 2. The van der Waals surface area contributed by atoms with Crippen molar-refractivity contribution in [2.75, 3.05) is 24.9 Å². The quantitative estimate of drug-likeness (QED) is 0.456. The molecule has 0 saturated carbocycles. The zero-order valence-corrected chi connectivity index (χ0v) is 17.0. The van der Waals surface area contributed by atoms with Crippen molar-refractivity contribution in [1.82, 2.24) is 10.2 Å². The molecule has 4 rings (SSSR count). The second-order valence-corrected chi connectivity index (χ2v) is 6.54. The van der Waals surface area contributed by atoms with E-state index in [1.165, 1.54) is 0 Å². The van der Waals surface area contributed by atoms with Crippen LogP contribution in [0.1, 0.15) is 0 Å². The number of urea groups is 1. The van der Waals surface area contributed by atoms with E-state index in [2.05, 4.69) is 20.8 Å². The molecule has 8 heteroatoms. The van der Waals surface area contributed by atoms with E-state index in [9.17, 15) is 4.79 Å². The topological polar surface area (TPSA) is 98.5 Å². The third-order valence-electron chi connectivity index (χ3n) is 4.42. The Balaban J connectivity index is 1.48. The highest BCUT2D eigenvalue weighted by molar-refractivity contribution is 6.00. The van der Waals surface area contributed by atoms with Crippen molar-refractivity contribution in [3.63, 3.8) is 0 Å². The number of carbonyl (C=O) groups excluding carboxylic acids is 1. The number of benzene rings is 3. The van der Waals surface area contributed by atoms with Gasteiger partial charge in [0, 0.05) is 40.7 Å². The first kappa shape index (κ1) is 20.0. The molecule has 0 atom stereocenters. The first-order valence-corrected chi connectivity index (χ1v) is 9.45. The summed E-state index contributed by atoms with van der Waals surface area (Å²) in [6, 6.07) is 21.4. The molecule has 0 aliphatic rings. The monoisotopic (exact) mass is 416 g/mol. The fourth-order valence-corrected chi connectivity index (χ4v) is 2.94. The normalized spacial score (nSPS) is 10.4. The molecule has 0 aliphatic carbocycles. The lowest BCUT2D eigenvalue weighted by molar-refractivity contribution is 0.262. The van der Waals surface area contributed by atoms with E-state index in [0.717, 1.165) is 5.56 Å². The van der Waals surface area contributed by atoms with Crippen molar-refractivity contribution < 1.29 is 18.7 Å². The summed E-state index contributed by atoms with van der Waals surface area (Å²) in [5.41, 5.74) is 2.64. The summed E-state index contributed by atoms with van der Waals surface area (Å²) in [4.78, 5) is 12.5. The molecule has 0 unspecified atom stereocenters. The third kappa shape index (κ3) is 4.81. The van der Waals surface area contributed by atoms with Crippen molar-refractivity contribution in [2.45, 2.75) is 0 Å². The Labute approximate surface area is 178 Å². The van der Waals surface area contributed by atoms with Crippen molar-refractivity contribution in [2.24, 2.45) is 0 Å². The van der Waals surface area contributed by atoms with E-state index in [4.69, 9.17) is 13.9 Å². The highest BCUT2D eigenvalue weighted by Gasteiger charge is 2.12. The number of hydrogen-bond donors (Lipinski definition) is 2. The second-order valence-electron chi connectivity index (χ2n) is 6.54. The number of hydrogen-bond acceptors (Lipinski definition) is 6. The van der Waals surface area contributed by atoms with Crippen LogP contribution in [0.4, 0.5) is 16.2 Å². The van der Waals surface area contributed by atoms with Gasteiger partial charge in [-0.05, 0) is 30.3 Å². The molecule has 0 fully saturated rings. The van der Waals surface area contributed by atoms with Crippen LogP contribution in [0.3, 0.4) is 0 Å². The highest BCUT2D eigenvalue weighted by Crippen LogP contribution is 2.27. The van der Waals surface area contributed by atoms with Crippen molar-refractivity contribution >= 4 is 17.4 Å². The summed E-state index contributed by atoms with van der Waals surface area (Å²) in [7, 11) is 3.09.